The third kappa shape index (κ3) is 3.53. The first-order chi connectivity index (χ1) is 8.51. The Labute approximate surface area is 116 Å². The van der Waals surface area contributed by atoms with Gasteiger partial charge in [0.25, 0.3) is 5.69 Å². The summed E-state index contributed by atoms with van der Waals surface area (Å²) in [4.78, 5) is 12.4. The van der Waals surface area contributed by atoms with Gasteiger partial charge in [-0.15, -0.1) is 11.6 Å². The van der Waals surface area contributed by atoms with Crippen LogP contribution in [0.5, 0.6) is 0 Å². The first kappa shape index (κ1) is 15.1. The number of nitrogens with zero attached hydrogens (tertiary/aromatic N) is 2. The first-order valence-corrected chi connectivity index (χ1v) is 7.49. The van der Waals surface area contributed by atoms with E-state index in [9.17, 15) is 10.1 Å². The largest absolute Gasteiger partial charge is 0.371 e. The summed E-state index contributed by atoms with van der Waals surface area (Å²) in [7, 11) is 1.98. The molecule has 4 nitrogen and oxygen atoms in total. The molecule has 0 aliphatic heterocycles. The van der Waals surface area contributed by atoms with Crippen LogP contribution in [-0.2, 0) is 5.88 Å². The first-order valence-electron chi connectivity index (χ1n) is 5.56. The van der Waals surface area contributed by atoms with Crippen LogP contribution in [0.25, 0.3) is 0 Å². The van der Waals surface area contributed by atoms with E-state index in [-0.39, 0.29) is 11.6 Å². The van der Waals surface area contributed by atoms with Crippen molar-refractivity contribution in [3.8, 4) is 0 Å². The second-order valence-electron chi connectivity index (χ2n) is 4.12. The molecule has 100 valence electrons. The molecule has 6 heteroatoms. The molecule has 0 saturated heterocycles. The van der Waals surface area contributed by atoms with Crippen LogP contribution in [0.2, 0.25) is 0 Å². The topological polar surface area (TPSA) is 46.4 Å². The van der Waals surface area contributed by atoms with Crippen molar-refractivity contribution < 1.29 is 4.92 Å². The Morgan fingerprint density at radius 3 is 2.72 bits per heavy atom. The minimum Gasteiger partial charge on any atom is -0.371 e. The molecule has 0 radical (unpaired) electrons. The standard InChI is InChI=1S/C12H17ClN2O2S/c1-9(8-18-3)14(2)12-5-4-11(15(16)17)6-10(12)7-13/h4-6,9H,7-8H2,1-3H3. The highest BCUT2D eigenvalue weighted by atomic mass is 35.5. The molecule has 1 aromatic carbocycles. The van der Waals surface area contributed by atoms with Crippen LogP contribution < -0.4 is 4.90 Å². The monoisotopic (exact) mass is 288 g/mol. The number of nitro benzene ring substituents is 1. The summed E-state index contributed by atoms with van der Waals surface area (Å²) in [5.41, 5.74) is 1.83. The van der Waals surface area contributed by atoms with Gasteiger partial charge in [-0.2, -0.15) is 11.8 Å². The van der Waals surface area contributed by atoms with Crippen molar-refractivity contribution in [2.45, 2.75) is 18.8 Å². The van der Waals surface area contributed by atoms with Crippen LogP contribution in [0.15, 0.2) is 18.2 Å². The van der Waals surface area contributed by atoms with E-state index in [1.54, 1.807) is 23.9 Å². The number of hydrogen-bond donors (Lipinski definition) is 0. The Balaban J connectivity index is 3.05. The van der Waals surface area contributed by atoms with E-state index in [1.165, 1.54) is 6.07 Å². The number of nitro groups is 1. The zero-order chi connectivity index (χ0) is 13.7. The maximum absolute atomic E-state index is 10.7. The minimum absolute atomic E-state index is 0.0836. The highest BCUT2D eigenvalue weighted by Crippen LogP contribution is 2.27. The average Bonchev–Trinajstić information content (AvgIpc) is 2.37. The molecule has 0 aliphatic carbocycles. The van der Waals surface area contributed by atoms with Gasteiger partial charge in [-0.3, -0.25) is 10.1 Å². The fourth-order valence-corrected chi connectivity index (χ4v) is 2.65. The third-order valence-electron chi connectivity index (χ3n) is 2.87. The SMILES string of the molecule is CSCC(C)N(C)c1ccc([N+](=O)[O-])cc1CCl. The minimum atomic E-state index is -0.398. The van der Waals surface area contributed by atoms with Gasteiger partial charge in [0.1, 0.15) is 0 Å². The van der Waals surface area contributed by atoms with Crippen molar-refractivity contribution in [2.75, 3.05) is 24.0 Å². The number of benzene rings is 1. The van der Waals surface area contributed by atoms with Gasteiger partial charge in [-0.25, -0.2) is 0 Å². The smallest absolute Gasteiger partial charge is 0.269 e. The van der Waals surface area contributed by atoms with Gasteiger partial charge in [-0.1, -0.05) is 0 Å². The lowest BCUT2D eigenvalue weighted by molar-refractivity contribution is -0.384. The van der Waals surface area contributed by atoms with Crippen molar-refractivity contribution >= 4 is 34.7 Å². The molecule has 0 saturated carbocycles. The Bertz CT molecular complexity index is 429. The lowest BCUT2D eigenvalue weighted by Crippen LogP contribution is -2.31. The molecule has 0 spiro atoms. The van der Waals surface area contributed by atoms with Crippen molar-refractivity contribution in [3.05, 3.63) is 33.9 Å². The summed E-state index contributed by atoms with van der Waals surface area (Å²) >= 11 is 7.65. The second kappa shape index (κ2) is 6.85. The molecule has 0 amide bonds. The lowest BCUT2D eigenvalue weighted by atomic mass is 10.1. The fraction of sp³-hybridized carbons (Fsp3) is 0.500. The summed E-state index contributed by atoms with van der Waals surface area (Å²) < 4.78 is 0. The van der Waals surface area contributed by atoms with Crippen LogP contribution in [0.4, 0.5) is 11.4 Å². The molecule has 0 aliphatic rings. The number of alkyl halides is 1. The molecular weight excluding hydrogens is 272 g/mol. The van der Waals surface area contributed by atoms with Crippen molar-refractivity contribution in [3.63, 3.8) is 0 Å². The van der Waals surface area contributed by atoms with Crippen LogP contribution in [-0.4, -0.2) is 30.0 Å². The van der Waals surface area contributed by atoms with E-state index < -0.39 is 4.92 Å². The van der Waals surface area contributed by atoms with Gasteiger partial charge in [0.05, 0.1) is 4.92 Å². The summed E-state index contributed by atoms with van der Waals surface area (Å²) in [6.07, 6.45) is 2.06. The summed E-state index contributed by atoms with van der Waals surface area (Å²) in [5, 5.41) is 10.7. The zero-order valence-electron chi connectivity index (χ0n) is 10.7. The van der Waals surface area contributed by atoms with Crippen LogP contribution >= 0.6 is 23.4 Å². The lowest BCUT2D eigenvalue weighted by Gasteiger charge is -2.28. The number of hydrogen-bond acceptors (Lipinski definition) is 4. The summed E-state index contributed by atoms with van der Waals surface area (Å²) in [6.45, 7) is 2.12. The molecule has 18 heavy (non-hydrogen) atoms. The van der Waals surface area contributed by atoms with Gasteiger partial charge in [0.2, 0.25) is 0 Å². The van der Waals surface area contributed by atoms with Crippen LogP contribution in [0.3, 0.4) is 0 Å². The zero-order valence-corrected chi connectivity index (χ0v) is 12.3. The van der Waals surface area contributed by atoms with Crippen molar-refractivity contribution in [2.24, 2.45) is 0 Å². The summed E-state index contributed by atoms with van der Waals surface area (Å²) in [6, 6.07) is 5.19. The van der Waals surface area contributed by atoms with Gasteiger partial charge < -0.3 is 4.90 Å². The van der Waals surface area contributed by atoms with E-state index in [0.717, 1.165) is 17.0 Å². The van der Waals surface area contributed by atoms with E-state index >= 15 is 0 Å². The molecule has 1 atom stereocenters. The van der Waals surface area contributed by atoms with Gasteiger partial charge in [0, 0.05) is 42.5 Å². The second-order valence-corrected chi connectivity index (χ2v) is 5.30. The fourth-order valence-electron chi connectivity index (χ4n) is 1.73. The van der Waals surface area contributed by atoms with Crippen LogP contribution in [0, 0.1) is 10.1 Å². The molecule has 0 heterocycles. The van der Waals surface area contributed by atoms with E-state index in [2.05, 4.69) is 18.1 Å². The maximum Gasteiger partial charge on any atom is 0.269 e. The maximum atomic E-state index is 10.7. The Kier molecular flexibility index (Phi) is 5.75. The predicted molar refractivity (Wildman–Crippen MR) is 78.9 cm³/mol. The number of rotatable bonds is 6. The highest BCUT2D eigenvalue weighted by Gasteiger charge is 2.16. The molecule has 0 N–H and O–H groups in total. The van der Waals surface area contributed by atoms with Gasteiger partial charge in [-0.05, 0) is 24.8 Å². The quantitative estimate of drug-likeness (QED) is 0.456. The van der Waals surface area contributed by atoms with E-state index in [1.807, 2.05) is 7.05 Å². The van der Waals surface area contributed by atoms with Crippen molar-refractivity contribution in [1.82, 2.24) is 0 Å². The highest BCUT2D eigenvalue weighted by molar-refractivity contribution is 7.98. The Morgan fingerprint density at radius 1 is 1.56 bits per heavy atom. The number of thioether (sulfide) groups is 1. The van der Waals surface area contributed by atoms with Crippen LogP contribution in [0.1, 0.15) is 12.5 Å². The number of anilines is 1. The van der Waals surface area contributed by atoms with E-state index in [4.69, 9.17) is 11.6 Å². The van der Waals surface area contributed by atoms with Gasteiger partial charge in [0.15, 0.2) is 0 Å². The molecular formula is C12H17ClN2O2S. The van der Waals surface area contributed by atoms with Crippen molar-refractivity contribution in [1.29, 1.82) is 0 Å². The molecule has 1 unspecified atom stereocenters. The number of halogens is 1. The molecule has 0 bridgehead atoms. The normalized spacial score (nSPS) is 12.2. The molecule has 0 aromatic heterocycles. The number of non-ortho nitro benzene ring substituents is 1. The summed E-state index contributed by atoms with van der Waals surface area (Å²) in [5.74, 6) is 1.27. The Hall–Kier alpha value is -0.940. The molecule has 0 fully saturated rings. The average molecular weight is 289 g/mol. The Morgan fingerprint density at radius 2 is 2.22 bits per heavy atom. The molecule has 1 aromatic rings. The van der Waals surface area contributed by atoms with E-state index in [0.29, 0.717) is 6.04 Å². The molecule has 1 rings (SSSR count). The third-order valence-corrected chi connectivity index (χ3v) is 3.97. The van der Waals surface area contributed by atoms with Gasteiger partial charge >= 0.3 is 0 Å². The predicted octanol–water partition coefficient (Wildman–Crippen LogP) is 3.52.